The third-order valence-electron chi connectivity index (χ3n) is 4.73. The van der Waals surface area contributed by atoms with Gasteiger partial charge >= 0.3 is 7.12 Å². The third kappa shape index (κ3) is 2.33. The van der Waals surface area contributed by atoms with Crippen molar-refractivity contribution in [3.05, 3.63) is 12.0 Å². The maximum absolute atomic E-state index is 6.04. The molecule has 2 atom stereocenters. The van der Waals surface area contributed by atoms with E-state index < -0.39 is 0 Å². The summed E-state index contributed by atoms with van der Waals surface area (Å²) in [6, 6.07) is 0.358. The maximum Gasteiger partial charge on any atom is 0.513 e. The van der Waals surface area contributed by atoms with Crippen LogP contribution in [0.1, 0.15) is 52.4 Å². The summed E-state index contributed by atoms with van der Waals surface area (Å²) in [6.07, 6.45) is 4.19. The Morgan fingerprint density at radius 2 is 2.00 bits per heavy atom. The van der Waals surface area contributed by atoms with E-state index in [4.69, 9.17) is 9.31 Å². The van der Waals surface area contributed by atoms with Gasteiger partial charge in [-0.1, -0.05) is 9.39 Å². The van der Waals surface area contributed by atoms with E-state index in [1.165, 1.54) is 6.42 Å². The van der Waals surface area contributed by atoms with E-state index >= 15 is 0 Å². The first-order valence-electron chi connectivity index (χ1n) is 7.22. The van der Waals surface area contributed by atoms with E-state index in [1.807, 2.05) is 6.20 Å². The molecule has 0 amide bonds. The SMILES string of the molecule is CC1(C)OB(c2cnc([C@@H]3CCCN3P)[nH]2)OC1(C)C. The van der Waals surface area contributed by atoms with E-state index in [2.05, 4.69) is 51.7 Å². The summed E-state index contributed by atoms with van der Waals surface area (Å²) in [4.78, 5) is 7.91. The van der Waals surface area contributed by atoms with Crippen LogP contribution in [0.4, 0.5) is 0 Å². The summed E-state index contributed by atoms with van der Waals surface area (Å²) in [6.45, 7) is 9.34. The van der Waals surface area contributed by atoms with Crippen molar-refractivity contribution in [3.63, 3.8) is 0 Å². The van der Waals surface area contributed by atoms with Crippen molar-refractivity contribution in [1.29, 1.82) is 0 Å². The number of rotatable bonds is 2. The quantitative estimate of drug-likeness (QED) is 0.665. The molecule has 3 heterocycles. The van der Waals surface area contributed by atoms with E-state index in [0.717, 1.165) is 24.4 Å². The molecule has 1 unspecified atom stereocenters. The zero-order valence-corrected chi connectivity index (χ0v) is 13.8. The highest BCUT2D eigenvalue weighted by molar-refractivity contribution is 7.13. The molecular weight excluding hydrogens is 272 g/mol. The number of aromatic amines is 1. The van der Waals surface area contributed by atoms with Crippen LogP contribution in [0.15, 0.2) is 6.20 Å². The lowest BCUT2D eigenvalue weighted by atomic mass is 9.86. The van der Waals surface area contributed by atoms with Crippen LogP contribution in [0.25, 0.3) is 0 Å². The molecule has 7 heteroatoms. The Morgan fingerprint density at radius 3 is 2.55 bits per heavy atom. The predicted octanol–water partition coefficient (Wildman–Crippen LogP) is 1.64. The molecule has 0 radical (unpaired) electrons. The average Bonchev–Trinajstić information content (AvgIpc) is 2.98. The van der Waals surface area contributed by atoms with Crippen molar-refractivity contribution in [2.75, 3.05) is 6.54 Å². The van der Waals surface area contributed by atoms with Crippen LogP contribution in [-0.4, -0.2) is 39.5 Å². The number of nitrogens with one attached hydrogen (secondary N) is 1. The maximum atomic E-state index is 6.04. The first-order valence-corrected chi connectivity index (χ1v) is 7.73. The van der Waals surface area contributed by atoms with Crippen molar-refractivity contribution in [3.8, 4) is 0 Å². The van der Waals surface area contributed by atoms with Crippen molar-refractivity contribution in [2.45, 2.75) is 57.8 Å². The van der Waals surface area contributed by atoms with Crippen LogP contribution in [0, 0.1) is 0 Å². The molecule has 5 nitrogen and oxygen atoms in total. The van der Waals surface area contributed by atoms with Gasteiger partial charge in [0, 0.05) is 12.7 Å². The molecule has 1 N–H and O–H groups in total. The van der Waals surface area contributed by atoms with Gasteiger partial charge in [0.2, 0.25) is 0 Å². The van der Waals surface area contributed by atoms with Crippen LogP contribution in [-0.2, 0) is 9.31 Å². The van der Waals surface area contributed by atoms with Gasteiger partial charge in [-0.2, -0.15) is 0 Å². The molecular formula is C13H23BN3O2P. The van der Waals surface area contributed by atoms with Gasteiger partial charge in [0.1, 0.15) is 5.82 Å². The molecule has 2 aliphatic heterocycles. The summed E-state index contributed by atoms with van der Waals surface area (Å²) in [5.41, 5.74) is 0.273. The van der Waals surface area contributed by atoms with Crippen LogP contribution >= 0.6 is 9.39 Å². The third-order valence-corrected chi connectivity index (χ3v) is 5.35. The lowest BCUT2D eigenvalue weighted by Crippen LogP contribution is -2.41. The average molecular weight is 295 g/mol. The van der Waals surface area contributed by atoms with Crippen molar-refractivity contribution >= 4 is 22.1 Å². The standard InChI is InChI=1S/C13H23BN3O2P/c1-12(2)13(3,4)19-14(18-12)10-8-15-11(16-10)9-6-5-7-17(9)20/h8-9H,5-7,20H2,1-4H3,(H,15,16)/t9-/m0/s1. The Labute approximate surface area is 123 Å². The molecule has 20 heavy (non-hydrogen) atoms. The molecule has 1 aromatic rings. The van der Waals surface area contributed by atoms with Gasteiger partial charge in [-0.05, 0) is 40.5 Å². The van der Waals surface area contributed by atoms with Crippen LogP contribution in [0.3, 0.4) is 0 Å². The number of hydrogen-bond acceptors (Lipinski definition) is 4. The van der Waals surface area contributed by atoms with Crippen molar-refractivity contribution in [2.24, 2.45) is 0 Å². The Bertz CT molecular complexity index is 490. The largest absolute Gasteiger partial charge is 0.513 e. The van der Waals surface area contributed by atoms with E-state index in [1.54, 1.807) is 0 Å². The summed E-state index contributed by atoms with van der Waals surface area (Å²) in [7, 11) is 2.42. The fraction of sp³-hybridized carbons (Fsp3) is 0.769. The first-order chi connectivity index (χ1) is 9.30. The van der Waals surface area contributed by atoms with Crippen LogP contribution in [0.2, 0.25) is 0 Å². The van der Waals surface area contributed by atoms with Crippen LogP contribution < -0.4 is 5.59 Å². The highest BCUT2D eigenvalue weighted by atomic mass is 31.0. The highest BCUT2D eigenvalue weighted by Crippen LogP contribution is 2.37. The van der Waals surface area contributed by atoms with E-state index in [-0.39, 0.29) is 18.3 Å². The normalized spacial score (nSPS) is 29.2. The second-order valence-electron chi connectivity index (χ2n) is 6.71. The summed E-state index contributed by atoms with van der Waals surface area (Å²) >= 11 is 0. The molecule has 110 valence electrons. The zero-order valence-electron chi connectivity index (χ0n) is 12.6. The Kier molecular flexibility index (Phi) is 3.49. The number of imidazole rings is 1. The second kappa shape index (κ2) is 4.80. The number of aromatic nitrogens is 2. The molecule has 2 aliphatic rings. The van der Waals surface area contributed by atoms with Gasteiger partial charge in [0.05, 0.1) is 22.8 Å². The van der Waals surface area contributed by atoms with E-state index in [0.29, 0.717) is 6.04 Å². The summed E-state index contributed by atoms with van der Waals surface area (Å²) < 4.78 is 14.3. The van der Waals surface area contributed by atoms with Gasteiger partial charge in [-0.3, -0.25) is 4.67 Å². The summed E-state index contributed by atoms with van der Waals surface area (Å²) in [5, 5.41) is 0. The minimum absolute atomic E-state index is 0.317. The molecule has 0 bridgehead atoms. The molecule has 3 rings (SSSR count). The van der Waals surface area contributed by atoms with Crippen molar-refractivity contribution < 1.29 is 9.31 Å². The zero-order chi connectivity index (χ0) is 14.5. The topological polar surface area (TPSA) is 50.4 Å². The number of nitrogens with zero attached hydrogens (tertiary/aromatic N) is 2. The monoisotopic (exact) mass is 295 g/mol. The molecule has 0 aromatic carbocycles. The molecule has 0 saturated carbocycles. The molecule has 0 spiro atoms. The van der Waals surface area contributed by atoms with Gasteiger partial charge in [-0.25, -0.2) is 4.98 Å². The fourth-order valence-electron chi connectivity index (χ4n) is 2.69. The Morgan fingerprint density at radius 1 is 1.35 bits per heavy atom. The van der Waals surface area contributed by atoms with Crippen molar-refractivity contribution in [1.82, 2.24) is 14.6 Å². The number of H-pyrrole nitrogens is 1. The predicted molar refractivity (Wildman–Crippen MR) is 82.7 cm³/mol. The lowest BCUT2D eigenvalue weighted by Gasteiger charge is -2.32. The molecule has 0 aliphatic carbocycles. The Hall–Kier alpha value is -0.415. The first kappa shape index (κ1) is 14.5. The minimum Gasteiger partial charge on any atom is -0.398 e. The van der Waals surface area contributed by atoms with Gasteiger partial charge in [-0.15, -0.1) is 0 Å². The van der Waals surface area contributed by atoms with E-state index in [9.17, 15) is 0 Å². The van der Waals surface area contributed by atoms with Gasteiger partial charge < -0.3 is 14.3 Å². The Balaban J connectivity index is 1.78. The summed E-state index contributed by atoms with van der Waals surface area (Å²) in [5.74, 6) is 1.00. The highest BCUT2D eigenvalue weighted by Gasteiger charge is 2.52. The minimum atomic E-state index is -0.361. The van der Waals surface area contributed by atoms with Gasteiger partial charge in [0.15, 0.2) is 0 Å². The molecule has 2 saturated heterocycles. The fourth-order valence-corrected chi connectivity index (χ4v) is 3.17. The number of hydrogen-bond donors (Lipinski definition) is 1. The van der Waals surface area contributed by atoms with Gasteiger partial charge in [0.25, 0.3) is 0 Å². The molecule has 1 aromatic heterocycles. The smallest absolute Gasteiger partial charge is 0.398 e. The molecule has 2 fully saturated rings. The lowest BCUT2D eigenvalue weighted by molar-refractivity contribution is 0.00578. The van der Waals surface area contributed by atoms with Crippen LogP contribution in [0.5, 0.6) is 0 Å². The second-order valence-corrected chi connectivity index (χ2v) is 7.37.